The maximum atomic E-state index is 14.2. The summed E-state index contributed by atoms with van der Waals surface area (Å²) in [5, 5.41) is 2.56. The normalized spacial score (nSPS) is 15.0. The minimum atomic E-state index is -0.690. The van der Waals surface area contributed by atoms with Crippen LogP contribution in [0.15, 0.2) is 91.1 Å². The second-order valence-corrected chi connectivity index (χ2v) is 7.43. The lowest BCUT2D eigenvalue weighted by Gasteiger charge is -2.31. The first-order valence-electron chi connectivity index (χ1n) is 9.95. The number of hydrogen-bond donors (Lipinski definition) is 1. The van der Waals surface area contributed by atoms with E-state index in [1.807, 2.05) is 72.9 Å². The molecular weight excluding hydrogens is 396 g/mol. The van der Waals surface area contributed by atoms with Crippen molar-refractivity contribution in [2.75, 3.05) is 5.32 Å². The quantitative estimate of drug-likeness (QED) is 0.435. The smallest absolute Gasteiger partial charge is 0.318 e. The largest absolute Gasteiger partial charge is 0.323 e. The number of nitrogens with zero attached hydrogens (tertiary/aromatic N) is 2. The van der Waals surface area contributed by atoms with Crippen molar-refractivity contribution in [3.05, 3.63) is 120 Å². The van der Waals surface area contributed by atoms with Gasteiger partial charge in [0.2, 0.25) is 0 Å². The van der Waals surface area contributed by atoms with Crippen molar-refractivity contribution in [2.24, 2.45) is 0 Å². The summed E-state index contributed by atoms with van der Waals surface area (Å²) in [5.74, 6) is -1.31. The fraction of sp³-hybridized carbons (Fsp3) is 0.0800. The number of halogens is 2. The Morgan fingerprint density at radius 3 is 2.52 bits per heavy atom. The van der Waals surface area contributed by atoms with Gasteiger partial charge in [0, 0.05) is 18.0 Å². The van der Waals surface area contributed by atoms with Gasteiger partial charge in [0.15, 0.2) is 0 Å². The van der Waals surface area contributed by atoms with Gasteiger partial charge in [-0.05, 0) is 41.5 Å². The van der Waals surface area contributed by atoms with Crippen LogP contribution in [0.5, 0.6) is 0 Å². The number of amides is 2. The molecule has 4 nitrogen and oxygen atoms in total. The predicted molar refractivity (Wildman–Crippen MR) is 115 cm³/mol. The lowest BCUT2D eigenvalue weighted by Crippen LogP contribution is -2.38. The van der Waals surface area contributed by atoms with E-state index < -0.39 is 23.7 Å². The first-order chi connectivity index (χ1) is 15.1. The Balaban J connectivity index is 1.63. The van der Waals surface area contributed by atoms with Crippen LogP contribution in [0.25, 0.3) is 5.69 Å². The van der Waals surface area contributed by atoms with Crippen LogP contribution in [0.1, 0.15) is 22.9 Å². The van der Waals surface area contributed by atoms with Crippen LogP contribution in [-0.4, -0.2) is 15.5 Å². The van der Waals surface area contributed by atoms with Gasteiger partial charge in [-0.15, -0.1) is 0 Å². The zero-order valence-electron chi connectivity index (χ0n) is 16.5. The third-order valence-electron chi connectivity index (χ3n) is 5.51. The lowest BCUT2D eigenvalue weighted by molar-refractivity contribution is 0.194. The lowest BCUT2D eigenvalue weighted by atomic mass is 10.0. The summed E-state index contributed by atoms with van der Waals surface area (Å²) in [5.41, 5.74) is 3.57. The number of nitrogens with one attached hydrogen (secondary N) is 1. The van der Waals surface area contributed by atoms with Crippen LogP contribution < -0.4 is 5.32 Å². The fourth-order valence-corrected chi connectivity index (χ4v) is 4.11. The van der Waals surface area contributed by atoms with E-state index >= 15 is 0 Å². The molecule has 1 aliphatic heterocycles. The molecule has 1 aromatic heterocycles. The van der Waals surface area contributed by atoms with Crippen molar-refractivity contribution in [2.45, 2.75) is 12.6 Å². The Bertz CT molecular complexity index is 1250. The molecule has 1 atom stereocenters. The number of carbonyl (C=O) groups excluding carboxylic acids is 1. The van der Waals surface area contributed by atoms with Gasteiger partial charge in [-0.1, -0.05) is 48.5 Å². The number of fused-ring (bicyclic) bond motifs is 3. The van der Waals surface area contributed by atoms with E-state index in [4.69, 9.17) is 0 Å². The molecule has 4 aromatic rings. The van der Waals surface area contributed by atoms with Crippen LogP contribution in [0.2, 0.25) is 0 Å². The summed E-state index contributed by atoms with van der Waals surface area (Å²) in [7, 11) is 0. The van der Waals surface area contributed by atoms with Crippen molar-refractivity contribution < 1.29 is 13.6 Å². The Labute approximate surface area is 178 Å². The van der Waals surface area contributed by atoms with Crippen LogP contribution >= 0.6 is 0 Å². The van der Waals surface area contributed by atoms with Crippen molar-refractivity contribution in [1.29, 1.82) is 0 Å². The van der Waals surface area contributed by atoms with Crippen molar-refractivity contribution in [3.8, 4) is 5.69 Å². The number of aromatic nitrogens is 1. The van der Waals surface area contributed by atoms with E-state index in [1.54, 1.807) is 4.90 Å². The molecule has 0 bridgehead atoms. The summed E-state index contributed by atoms with van der Waals surface area (Å²) in [6.07, 6.45) is 1.97. The van der Waals surface area contributed by atoms with Crippen LogP contribution in [0.3, 0.4) is 0 Å². The van der Waals surface area contributed by atoms with E-state index in [1.165, 1.54) is 0 Å². The van der Waals surface area contributed by atoms with E-state index in [9.17, 15) is 13.6 Å². The molecule has 2 amide bonds. The third-order valence-corrected chi connectivity index (χ3v) is 5.51. The van der Waals surface area contributed by atoms with Gasteiger partial charge in [-0.25, -0.2) is 13.6 Å². The zero-order chi connectivity index (χ0) is 21.4. The highest BCUT2D eigenvalue weighted by atomic mass is 19.1. The Hall–Kier alpha value is -3.93. The van der Waals surface area contributed by atoms with E-state index in [0.29, 0.717) is 6.54 Å². The van der Waals surface area contributed by atoms with Crippen LogP contribution in [0, 0.1) is 11.6 Å². The van der Waals surface area contributed by atoms with Gasteiger partial charge in [0.25, 0.3) is 0 Å². The van der Waals surface area contributed by atoms with Crippen LogP contribution in [-0.2, 0) is 6.54 Å². The van der Waals surface area contributed by atoms with Gasteiger partial charge < -0.3 is 14.8 Å². The first-order valence-corrected chi connectivity index (χ1v) is 9.95. The summed E-state index contributed by atoms with van der Waals surface area (Å²) >= 11 is 0. The predicted octanol–water partition coefficient (Wildman–Crippen LogP) is 5.89. The summed E-state index contributed by atoms with van der Waals surface area (Å²) in [6.45, 7) is 0.306. The number of urea groups is 1. The first kappa shape index (κ1) is 19.1. The molecule has 5 rings (SSSR count). The molecule has 0 saturated carbocycles. The molecular formula is C25H19F2N3O. The maximum absolute atomic E-state index is 14.2. The number of benzene rings is 3. The number of para-hydroxylation sites is 1. The molecule has 6 heteroatoms. The minimum Gasteiger partial charge on any atom is -0.318 e. The molecule has 0 spiro atoms. The van der Waals surface area contributed by atoms with Gasteiger partial charge in [0.05, 0.1) is 24.0 Å². The SMILES string of the molecule is O=C(Nc1cc(F)ccc1F)N1Cc2ccccc2-n2cccc2[C@H]1c1ccccc1. The van der Waals surface area contributed by atoms with Crippen molar-refractivity contribution in [1.82, 2.24) is 9.47 Å². The Kier molecular flexibility index (Phi) is 4.75. The molecule has 0 aliphatic carbocycles. The van der Waals surface area contributed by atoms with Gasteiger partial charge >= 0.3 is 6.03 Å². The Morgan fingerprint density at radius 2 is 1.68 bits per heavy atom. The third kappa shape index (κ3) is 3.46. The number of anilines is 1. The molecule has 0 unspecified atom stereocenters. The summed E-state index contributed by atoms with van der Waals surface area (Å²) < 4.78 is 30.0. The maximum Gasteiger partial charge on any atom is 0.323 e. The molecule has 3 aromatic carbocycles. The summed E-state index contributed by atoms with van der Waals surface area (Å²) in [6, 6.07) is 23.5. The molecule has 0 radical (unpaired) electrons. The van der Waals surface area contributed by atoms with Crippen LogP contribution in [0.4, 0.5) is 19.3 Å². The van der Waals surface area contributed by atoms with Gasteiger partial charge in [-0.2, -0.15) is 0 Å². The second kappa shape index (κ2) is 7.72. The fourth-order valence-electron chi connectivity index (χ4n) is 4.11. The second-order valence-electron chi connectivity index (χ2n) is 7.43. The highest BCUT2D eigenvalue weighted by Crippen LogP contribution is 2.36. The van der Waals surface area contributed by atoms with Gasteiger partial charge in [-0.3, -0.25) is 0 Å². The molecule has 0 fully saturated rings. The van der Waals surface area contributed by atoms with Crippen molar-refractivity contribution in [3.63, 3.8) is 0 Å². The standard InChI is InChI=1S/C25H19F2N3O/c26-19-12-13-20(27)21(15-19)28-25(31)30-16-18-9-4-5-10-22(18)29-14-6-11-23(29)24(30)17-7-2-1-3-8-17/h1-15,24H,16H2,(H,28,31)/t24-/m1/s1. The molecule has 31 heavy (non-hydrogen) atoms. The molecule has 2 heterocycles. The summed E-state index contributed by atoms with van der Waals surface area (Å²) in [4.78, 5) is 15.1. The average Bonchev–Trinajstić information content (AvgIpc) is 3.21. The number of carbonyl (C=O) groups is 1. The van der Waals surface area contributed by atoms with Crippen molar-refractivity contribution >= 4 is 11.7 Å². The Morgan fingerprint density at radius 1 is 0.903 bits per heavy atom. The molecule has 154 valence electrons. The van der Waals surface area contributed by atoms with E-state index in [-0.39, 0.29) is 5.69 Å². The average molecular weight is 415 g/mol. The van der Waals surface area contributed by atoms with E-state index in [0.717, 1.165) is 40.7 Å². The highest BCUT2D eigenvalue weighted by molar-refractivity contribution is 5.90. The number of rotatable bonds is 2. The topological polar surface area (TPSA) is 37.3 Å². The molecule has 1 aliphatic rings. The monoisotopic (exact) mass is 415 g/mol. The zero-order valence-corrected chi connectivity index (χ0v) is 16.5. The number of hydrogen-bond acceptors (Lipinski definition) is 1. The highest BCUT2D eigenvalue weighted by Gasteiger charge is 2.33. The van der Waals surface area contributed by atoms with Gasteiger partial charge in [0.1, 0.15) is 11.6 Å². The molecule has 0 saturated heterocycles. The minimum absolute atomic E-state index is 0.190. The van der Waals surface area contributed by atoms with E-state index in [2.05, 4.69) is 9.88 Å². The molecule has 1 N–H and O–H groups in total.